The van der Waals surface area contributed by atoms with Crippen LogP contribution in [0.2, 0.25) is 0 Å². The van der Waals surface area contributed by atoms with Crippen molar-refractivity contribution in [2.24, 2.45) is 10.9 Å². The molecule has 0 radical (unpaired) electrons. The number of nitrogens with one attached hydrogen (secondary N) is 2. The van der Waals surface area contributed by atoms with E-state index in [0.717, 1.165) is 31.5 Å². The number of hydrogen-bond acceptors (Lipinski definition) is 5. The van der Waals surface area contributed by atoms with E-state index in [2.05, 4.69) is 10.2 Å². The summed E-state index contributed by atoms with van der Waals surface area (Å²) in [6, 6.07) is 20.6. The van der Waals surface area contributed by atoms with Crippen molar-refractivity contribution in [3.63, 3.8) is 0 Å². The van der Waals surface area contributed by atoms with Gasteiger partial charge in [0.2, 0.25) is 15.9 Å². The van der Waals surface area contributed by atoms with Crippen molar-refractivity contribution in [2.75, 3.05) is 16.8 Å². The van der Waals surface area contributed by atoms with Gasteiger partial charge in [0, 0.05) is 29.0 Å². The van der Waals surface area contributed by atoms with E-state index >= 15 is 0 Å². The molecule has 0 bridgehead atoms. The maximum atomic E-state index is 13.2. The van der Waals surface area contributed by atoms with E-state index in [4.69, 9.17) is 16.3 Å². The van der Waals surface area contributed by atoms with Crippen LogP contribution in [0.3, 0.4) is 0 Å². The van der Waals surface area contributed by atoms with Gasteiger partial charge in [-0.2, -0.15) is 0 Å². The minimum atomic E-state index is -3.86. The van der Waals surface area contributed by atoms with Crippen molar-refractivity contribution in [3.8, 4) is 11.1 Å². The molecule has 0 aliphatic carbocycles. The minimum Gasteiger partial charge on any atom is -0.384 e. The maximum Gasteiger partial charge on any atom is 0.247 e. The standard InChI is InChI=1S/C25H27N5O3S/c26-24(27)18-6-5-7-20(16-18)30-15-4-3-9-22(30)25(31)29-19-13-11-17(12-14-19)21-8-1-2-10-23(21)34(28,32)33/h1-2,5-8,10-14,16,22H,3-4,9,15H2,(H3,26,27)(H,29,31)(H2,28,32,33). The molecule has 4 rings (SSSR count). The Labute approximate surface area is 199 Å². The molecule has 6 N–H and O–H groups in total. The van der Waals surface area contributed by atoms with Gasteiger partial charge in [-0.15, -0.1) is 0 Å². The molecule has 1 amide bonds. The number of carbonyl (C=O) groups excluding carboxylic acids is 1. The summed E-state index contributed by atoms with van der Waals surface area (Å²) in [4.78, 5) is 15.3. The van der Waals surface area contributed by atoms with Gasteiger partial charge in [0.1, 0.15) is 11.9 Å². The van der Waals surface area contributed by atoms with E-state index in [1.54, 1.807) is 48.5 Å². The Bertz CT molecular complexity index is 1320. The van der Waals surface area contributed by atoms with E-state index in [1.165, 1.54) is 6.07 Å². The Balaban J connectivity index is 1.53. The number of nitrogen functional groups attached to an aromatic ring is 1. The van der Waals surface area contributed by atoms with Crippen LogP contribution in [0.4, 0.5) is 11.4 Å². The first kappa shape index (κ1) is 23.5. The second-order valence-electron chi connectivity index (χ2n) is 8.28. The topological polar surface area (TPSA) is 142 Å². The Morgan fingerprint density at radius 2 is 1.74 bits per heavy atom. The summed E-state index contributed by atoms with van der Waals surface area (Å²) in [6.45, 7) is 0.739. The molecular formula is C25H27N5O3S. The van der Waals surface area contributed by atoms with Crippen LogP contribution in [-0.4, -0.2) is 32.7 Å². The third-order valence-electron chi connectivity index (χ3n) is 5.95. The van der Waals surface area contributed by atoms with Crippen molar-refractivity contribution in [1.29, 1.82) is 5.41 Å². The molecule has 1 unspecified atom stereocenters. The lowest BCUT2D eigenvalue weighted by atomic mass is 9.99. The molecular weight excluding hydrogens is 450 g/mol. The van der Waals surface area contributed by atoms with Crippen LogP contribution in [-0.2, 0) is 14.8 Å². The molecule has 8 nitrogen and oxygen atoms in total. The van der Waals surface area contributed by atoms with Gasteiger partial charge in [-0.25, -0.2) is 13.6 Å². The number of benzene rings is 3. The number of amides is 1. The molecule has 1 fully saturated rings. The molecule has 1 saturated heterocycles. The molecule has 1 aliphatic rings. The SMILES string of the molecule is N=C(N)c1cccc(N2CCCCC2C(=O)Nc2ccc(-c3ccccc3S(N)(=O)=O)cc2)c1. The van der Waals surface area contributed by atoms with Gasteiger partial charge in [-0.05, 0) is 55.2 Å². The Morgan fingerprint density at radius 3 is 2.44 bits per heavy atom. The first-order valence-corrected chi connectivity index (χ1v) is 12.5. The molecule has 0 spiro atoms. The molecule has 1 atom stereocenters. The van der Waals surface area contributed by atoms with Crippen LogP contribution in [0, 0.1) is 5.41 Å². The van der Waals surface area contributed by atoms with Gasteiger partial charge in [0.15, 0.2) is 0 Å². The summed E-state index contributed by atoms with van der Waals surface area (Å²) in [5.41, 5.74) is 8.93. The number of rotatable bonds is 6. The molecule has 9 heteroatoms. The van der Waals surface area contributed by atoms with Gasteiger partial charge >= 0.3 is 0 Å². The third kappa shape index (κ3) is 5.11. The maximum absolute atomic E-state index is 13.2. The van der Waals surface area contributed by atoms with Gasteiger partial charge in [0.25, 0.3) is 0 Å². The monoisotopic (exact) mass is 477 g/mol. The number of sulfonamides is 1. The summed E-state index contributed by atoms with van der Waals surface area (Å²) in [7, 11) is -3.86. The fraction of sp³-hybridized carbons (Fsp3) is 0.200. The Morgan fingerprint density at radius 1 is 1.00 bits per heavy atom. The minimum absolute atomic E-state index is 0.0102. The van der Waals surface area contributed by atoms with Crippen LogP contribution in [0.15, 0.2) is 77.7 Å². The average molecular weight is 478 g/mol. The van der Waals surface area contributed by atoms with Gasteiger partial charge in [-0.3, -0.25) is 10.2 Å². The number of carbonyl (C=O) groups is 1. The number of primary sulfonamides is 1. The lowest BCUT2D eigenvalue weighted by Crippen LogP contribution is -2.47. The highest BCUT2D eigenvalue weighted by Gasteiger charge is 2.29. The predicted octanol–water partition coefficient (Wildman–Crippen LogP) is 3.28. The van der Waals surface area contributed by atoms with Crippen LogP contribution in [0.1, 0.15) is 24.8 Å². The highest BCUT2D eigenvalue weighted by Crippen LogP contribution is 2.29. The fourth-order valence-corrected chi connectivity index (χ4v) is 5.04. The van der Waals surface area contributed by atoms with Crippen LogP contribution >= 0.6 is 0 Å². The predicted molar refractivity (Wildman–Crippen MR) is 134 cm³/mol. The number of amidine groups is 1. The Hall–Kier alpha value is -3.69. The summed E-state index contributed by atoms with van der Waals surface area (Å²) < 4.78 is 23.8. The van der Waals surface area contributed by atoms with Gasteiger partial charge in [-0.1, -0.05) is 42.5 Å². The first-order chi connectivity index (χ1) is 16.2. The highest BCUT2D eigenvalue weighted by molar-refractivity contribution is 7.89. The zero-order valence-electron chi connectivity index (χ0n) is 18.6. The molecule has 176 valence electrons. The lowest BCUT2D eigenvalue weighted by molar-refractivity contribution is -0.117. The molecule has 1 aliphatic heterocycles. The Kier molecular flexibility index (Phi) is 6.67. The normalized spacial score (nSPS) is 16.1. The van der Waals surface area contributed by atoms with E-state index in [-0.39, 0.29) is 22.7 Å². The van der Waals surface area contributed by atoms with Crippen molar-refractivity contribution in [2.45, 2.75) is 30.2 Å². The smallest absolute Gasteiger partial charge is 0.247 e. The van der Waals surface area contributed by atoms with Crippen LogP contribution in [0.5, 0.6) is 0 Å². The van der Waals surface area contributed by atoms with E-state index in [0.29, 0.717) is 22.4 Å². The van der Waals surface area contributed by atoms with Crippen molar-refractivity contribution < 1.29 is 13.2 Å². The van der Waals surface area contributed by atoms with Crippen molar-refractivity contribution in [1.82, 2.24) is 0 Å². The second kappa shape index (κ2) is 9.66. The lowest BCUT2D eigenvalue weighted by Gasteiger charge is -2.36. The second-order valence-corrected chi connectivity index (χ2v) is 9.81. The highest BCUT2D eigenvalue weighted by atomic mass is 32.2. The zero-order chi connectivity index (χ0) is 24.3. The van der Waals surface area contributed by atoms with Crippen molar-refractivity contribution in [3.05, 3.63) is 78.4 Å². The number of nitrogens with zero attached hydrogens (tertiary/aromatic N) is 1. The number of anilines is 2. The summed E-state index contributed by atoms with van der Waals surface area (Å²) in [5.74, 6) is -0.130. The molecule has 3 aromatic rings. The summed E-state index contributed by atoms with van der Waals surface area (Å²) >= 11 is 0. The van der Waals surface area contributed by atoms with Crippen LogP contribution < -0.4 is 21.1 Å². The molecule has 0 saturated carbocycles. The zero-order valence-corrected chi connectivity index (χ0v) is 19.4. The third-order valence-corrected chi connectivity index (χ3v) is 6.92. The summed E-state index contributed by atoms with van der Waals surface area (Å²) in [6.07, 6.45) is 2.65. The largest absolute Gasteiger partial charge is 0.384 e. The van der Waals surface area contributed by atoms with E-state index in [9.17, 15) is 13.2 Å². The van der Waals surface area contributed by atoms with E-state index in [1.807, 2.05) is 18.2 Å². The van der Waals surface area contributed by atoms with E-state index < -0.39 is 10.0 Å². The van der Waals surface area contributed by atoms with Crippen molar-refractivity contribution >= 4 is 33.1 Å². The quantitative estimate of drug-likeness (QED) is 0.318. The molecule has 0 aromatic heterocycles. The molecule has 1 heterocycles. The molecule has 3 aromatic carbocycles. The number of hydrogen-bond donors (Lipinski definition) is 4. The average Bonchev–Trinajstić information content (AvgIpc) is 2.84. The fourth-order valence-electron chi connectivity index (χ4n) is 4.28. The van der Waals surface area contributed by atoms with Gasteiger partial charge in [0.05, 0.1) is 4.90 Å². The molecule has 34 heavy (non-hydrogen) atoms. The van der Waals surface area contributed by atoms with Crippen LogP contribution in [0.25, 0.3) is 11.1 Å². The first-order valence-electron chi connectivity index (χ1n) is 11.0. The number of nitrogens with two attached hydrogens (primary N) is 2. The summed E-state index contributed by atoms with van der Waals surface area (Å²) in [5, 5.41) is 16.0. The van der Waals surface area contributed by atoms with Gasteiger partial charge < -0.3 is 16.0 Å². The number of piperidine rings is 1.